The number of benzene rings is 4. The fourth-order valence-electron chi connectivity index (χ4n) is 4.70. The molecule has 4 unspecified atom stereocenters. The van der Waals surface area contributed by atoms with Crippen LogP contribution in [0.4, 0.5) is 0 Å². The lowest BCUT2D eigenvalue weighted by Gasteiger charge is -2.30. The lowest BCUT2D eigenvalue weighted by Crippen LogP contribution is -2.22. The van der Waals surface area contributed by atoms with E-state index in [-0.39, 0.29) is 22.6 Å². The van der Waals surface area contributed by atoms with Crippen LogP contribution in [0.25, 0.3) is 21.5 Å². The van der Waals surface area contributed by atoms with E-state index >= 15 is 0 Å². The molecule has 1 heterocycles. The number of hydrogen-bond acceptors (Lipinski definition) is 6. The molecular formula is C30H30O6P2. The first-order valence-corrected chi connectivity index (χ1v) is 16.2. The lowest BCUT2D eigenvalue weighted by atomic mass is 10.1. The number of rotatable bonds is 4. The molecule has 0 aliphatic carbocycles. The Morgan fingerprint density at radius 3 is 1.24 bits per heavy atom. The van der Waals surface area contributed by atoms with Crippen molar-refractivity contribution in [1.29, 1.82) is 0 Å². The average Bonchev–Trinajstić information content (AvgIpc) is 2.94. The summed E-state index contributed by atoms with van der Waals surface area (Å²) in [5.41, 5.74) is -2.68. The Balaban J connectivity index is 1.87. The van der Waals surface area contributed by atoms with Crippen molar-refractivity contribution in [3.63, 3.8) is 0 Å². The van der Waals surface area contributed by atoms with Crippen LogP contribution >= 0.6 is 14.7 Å². The number of carbonyl (C=O) groups excluding carboxylic acids is 2. The second-order valence-corrected chi connectivity index (χ2v) is 15.2. The average molecular weight is 549 g/mol. The Hall–Kier alpha value is -3.20. The van der Waals surface area contributed by atoms with Crippen molar-refractivity contribution in [2.45, 2.75) is 51.9 Å². The van der Waals surface area contributed by atoms with Crippen molar-refractivity contribution >= 4 is 47.3 Å². The Kier molecular flexibility index (Phi) is 6.84. The summed E-state index contributed by atoms with van der Waals surface area (Å²) in [6, 6.07) is 21.1. The zero-order chi connectivity index (χ0) is 27.2. The highest BCUT2D eigenvalue weighted by Gasteiger charge is 2.48. The van der Waals surface area contributed by atoms with Crippen LogP contribution in [0, 0.1) is 0 Å². The smallest absolute Gasteiger partial charge is 0.319 e. The molecule has 0 bridgehead atoms. The molecule has 0 saturated heterocycles. The van der Waals surface area contributed by atoms with Gasteiger partial charge in [0.25, 0.3) is 11.0 Å². The maximum absolute atomic E-state index is 14.6. The topological polar surface area (TPSA) is 86.7 Å². The first-order chi connectivity index (χ1) is 18.1. The fourth-order valence-corrected chi connectivity index (χ4v) is 8.89. The maximum atomic E-state index is 14.6. The number of carbonyl (C=O) groups is 2. The molecule has 0 radical (unpaired) electrons. The quantitative estimate of drug-likeness (QED) is 0.237. The van der Waals surface area contributed by atoms with Crippen molar-refractivity contribution in [2.75, 3.05) is 0 Å². The summed E-state index contributed by atoms with van der Waals surface area (Å²) in [7, 11) is -8.19. The van der Waals surface area contributed by atoms with E-state index in [0.717, 1.165) is 21.5 Å². The Morgan fingerprint density at radius 1 is 0.605 bits per heavy atom. The fraction of sp³-hybridized carbons (Fsp3) is 0.267. The monoisotopic (exact) mass is 548 g/mol. The van der Waals surface area contributed by atoms with Gasteiger partial charge < -0.3 is 9.05 Å². The van der Waals surface area contributed by atoms with Crippen LogP contribution < -0.4 is 9.05 Å². The van der Waals surface area contributed by atoms with Crippen LogP contribution in [0.5, 0.6) is 11.5 Å². The summed E-state index contributed by atoms with van der Waals surface area (Å²) in [5.74, 6) is -0.0240. The second kappa shape index (κ2) is 9.84. The molecule has 0 spiro atoms. The van der Waals surface area contributed by atoms with Gasteiger partial charge in [0.2, 0.25) is 0 Å². The van der Waals surface area contributed by atoms with Gasteiger partial charge in [-0.05, 0) is 58.7 Å². The summed E-state index contributed by atoms with van der Waals surface area (Å²) < 4.78 is 41.5. The predicted octanol–water partition coefficient (Wildman–Crippen LogP) is 8.90. The molecule has 0 N–H and O–H groups in total. The highest BCUT2D eigenvalue weighted by Crippen LogP contribution is 2.62. The standard InChI is InChI=1S/C30H30O6P2/c1-5-19(3)37(33)29(31)25-15-21-11-7-10-14-24(21)18-28(25)36-38(34,20(4)6-2)30(32)26-16-22-12-8-9-13-23(22)17-27(26)35-37/h7-20H,5-6H2,1-4H3. The molecule has 4 atom stereocenters. The zero-order valence-electron chi connectivity index (χ0n) is 21.8. The third-order valence-corrected chi connectivity index (χ3v) is 13.1. The lowest BCUT2D eigenvalue weighted by molar-refractivity contribution is 0.104. The molecule has 6 nitrogen and oxygen atoms in total. The van der Waals surface area contributed by atoms with Crippen molar-refractivity contribution in [2.24, 2.45) is 0 Å². The van der Waals surface area contributed by atoms with Gasteiger partial charge >= 0.3 is 14.7 Å². The third-order valence-electron chi connectivity index (χ3n) is 7.53. The zero-order valence-corrected chi connectivity index (χ0v) is 23.6. The van der Waals surface area contributed by atoms with Gasteiger partial charge in [0, 0.05) is 0 Å². The van der Waals surface area contributed by atoms with Gasteiger partial charge in [-0.15, -0.1) is 0 Å². The van der Waals surface area contributed by atoms with Crippen LogP contribution in [0.3, 0.4) is 0 Å². The number of hydrogen-bond donors (Lipinski definition) is 0. The SMILES string of the molecule is CCC(C)P1(=O)Oc2cc3ccccc3cc2C(=O)P(=O)(C(C)CC)Oc2cc3ccccc3cc2C1=O. The molecule has 196 valence electrons. The summed E-state index contributed by atoms with van der Waals surface area (Å²) in [5, 5.41) is 2.94. The highest BCUT2D eigenvalue weighted by molar-refractivity contribution is 7.78. The van der Waals surface area contributed by atoms with E-state index in [2.05, 4.69) is 0 Å². The Labute approximate surface area is 222 Å². The van der Waals surface area contributed by atoms with Crippen LogP contribution in [-0.4, -0.2) is 22.4 Å². The van der Waals surface area contributed by atoms with Gasteiger partial charge in [-0.25, -0.2) is 0 Å². The van der Waals surface area contributed by atoms with E-state index in [1.807, 2.05) is 62.4 Å². The van der Waals surface area contributed by atoms with E-state index in [0.29, 0.717) is 12.8 Å². The van der Waals surface area contributed by atoms with Gasteiger partial charge in [0.05, 0.1) is 22.4 Å². The minimum atomic E-state index is -4.09. The molecule has 0 aromatic heterocycles. The molecular weight excluding hydrogens is 518 g/mol. The first kappa shape index (κ1) is 26.4. The maximum Gasteiger partial charge on any atom is 0.319 e. The van der Waals surface area contributed by atoms with Gasteiger partial charge in [-0.3, -0.25) is 18.7 Å². The molecule has 0 amide bonds. The minimum absolute atomic E-state index is 0.00732. The summed E-state index contributed by atoms with van der Waals surface area (Å²) in [6.45, 7) is 7.08. The van der Waals surface area contributed by atoms with Gasteiger partial charge in [0.15, 0.2) is 0 Å². The largest absolute Gasteiger partial charge is 0.437 e. The molecule has 1 aliphatic rings. The van der Waals surface area contributed by atoms with Crippen LogP contribution in [-0.2, 0) is 9.13 Å². The van der Waals surface area contributed by atoms with Gasteiger partial charge in [-0.1, -0.05) is 76.2 Å². The van der Waals surface area contributed by atoms with Crippen LogP contribution in [0.1, 0.15) is 61.3 Å². The van der Waals surface area contributed by atoms with E-state index in [1.165, 1.54) is 0 Å². The first-order valence-electron chi connectivity index (χ1n) is 12.9. The Bertz CT molecular complexity index is 1570. The van der Waals surface area contributed by atoms with Crippen molar-refractivity contribution in [1.82, 2.24) is 0 Å². The Morgan fingerprint density at radius 2 is 0.921 bits per heavy atom. The molecule has 0 fully saturated rings. The molecule has 8 heteroatoms. The van der Waals surface area contributed by atoms with Crippen LogP contribution in [0.2, 0.25) is 0 Å². The van der Waals surface area contributed by atoms with Crippen molar-refractivity contribution in [3.05, 3.63) is 83.9 Å². The van der Waals surface area contributed by atoms with Gasteiger partial charge in [-0.2, -0.15) is 0 Å². The molecule has 0 saturated carbocycles. The third kappa shape index (κ3) is 4.21. The summed E-state index contributed by atoms with van der Waals surface area (Å²) >= 11 is 0. The van der Waals surface area contributed by atoms with Crippen molar-refractivity contribution in [3.8, 4) is 11.5 Å². The van der Waals surface area contributed by atoms with E-state index in [9.17, 15) is 18.7 Å². The number of fused-ring (bicyclic) bond motifs is 4. The molecule has 4 aromatic carbocycles. The van der Waals surface area contributed by atoms with Crippen molar-refractivity contribution < 1.29 is 27.8 Å². The molecule has 38 heavy (non-hydrogen) atoms. The molecule has 1 aliphatic heterocycles. The second-order valence-electron chi connectivity index (χ2n) is 9.89. The minimum Gasteiger partial charge on any atom is -0.437 e. The summed E-state index contributed by atoms with van der Waals surface area (Å²) in [6.07, 6.45) is 0.823. The predicted molar refractivity (Wildman–Crippen MR) is 153 cm³/mol. The van der Waals surface area contributed by atoms with E-state index in [4.69, 9.17) is 9.05 Å². The van der Waals surface area contributed by atoms with Gasteiger partial charge in [0.1, 0.15) is 11.5 Å². The van der Waals surface area contributed by atoms with E-state index in [1.54, 1.807) is 38.1 Å². The molecule has 5 rings (SSSR count). The molecule has 4 aromatic rings. The highest BCUT2D eigenvalue weighted by atomic mass is 31.2. The summed E-state index contributed by atoms with van der Waals surface area (Å²) in [4.78, 5) is 28.4. The van der Waals surface area contributed by atoms with Crippen LogP contribution in [0.15, 0.2) is 72.8 Å². The normalized spacial score (nSPS) is 23.2. The van der Waals surface area contributed by atoms with E-state index < -0.39 is 37.1 Å².